The summed E-state index contributed by atoms with van der Waals surface area (Å²) in [7, 11) is 1.74. The summed E-state index contributed by atoms with van der Waals surface area (Å²) in [6.45, 7) is 0. The van der Waals surface area contributed by atoms with E-state index in [0.29, 0.717) is 5.56 Å². The monoisotopic (exact) mass is 300 g/mol. The molecule has 0 aliphatic heterocycles. The summed E-state index contributed by atoms with van der Waals surface area (Å²) in [5, 5.41) is 17.5. The fourth-order valence-electron chi connectivity index (χ4n) is 1.37. The Hall–Kier alpha value is -1.98. The van der Waals surface area contributed by atoms with Crippen LogP contribution >= 0.6 is 9.47 Å². The zero-order valence-corrected chi connectivity index (χ0v) is 11.4. The molecule has 1 aromatic rings. The molecule has 7 nitrogen and oxygen atoms in total. The lowest BCUT2D eigenvalue weighted by molar-refractivity contribution is -0.166. The number of carbonyl (C=O) groups is 3. The predicted octanol–water partition coefficient (Wildman–Crippen LogP) is 0.440. The Kier molecular flexibility index (Phi) is 6.09. The minimum Gasteiger partial charge on any atom is -0.479 e. The lowest BCUT2D eigenvalue weighted by Gasteiger charge is -2.16. The molecule has 1 aromatic carbocycles. The molecule has 0 saturated carbocycles. The first-order valence-electron chi connectivity index (χ1n) is 5.51. The summed E-state index contributed by atoms with van der Waals surface area (Å²) in [6, 6.07) is 8.08. The SMILES string of the molecule is O=C(C[C@H](O)C(=O)O)O[C@H](C(=O)OP)c1ccccc1. The van der Waals surface area contributed by atoms with Gasteiger partial charge in [0.25, 0.3) is 0 Å². The minimum atomic E-state index is -1.88. The number of hydrogen-bond acceptors (Lipinski definition) is 6. The Labute approximate surface area is 116 Å². The number of aliphatic carboxylic acids is 1. The lowest BCUT2D eigenvalue weighted by Crippen LogP contribution is -2.27. The molecule has 1 rings (SSSR count). The van der Waals surface area contributed by atoms with Crippen molar-refractivity contribution in [2.45, 2.75) is 18.6 Å². The van der Waals surface area contributed by atoms with Crippen molar-refractivity contribution < 1.29 is 33.9 Å². The van der Waals surface area contributed by atoms with Crippen molar-refractivity contribution in [3.05, 3.63) is 35.9 Å². The van der Waals surface area contributed by atoms with Gasteiger partial charge in [-0.2, -0.15) is 0 Å². The number of carbonyl (C=O) groups excluding carboxylic acids is 2. The van der Waals surface area contributed by atoms with E-state index in [1.807, 2.05) is 0 Å². The van der Waals surface area contributed by atoms with E-state index in [0.717, 1.165) is 0 Å². The van der Waals surface area contributed by atoms with Gasteiger partial charge < -0.3 is 19.5 Å². The van der Waals surface area contributed by atoms with Crippen LogP contribution in [0.25, 0.3) is 0 Å². The maximum atomic E-state index is 11.6. The molecule has 2 N–H and O–H groups in total. The summed E-state index contributed by atoms with van der Waals surface area (Å²) in [4.78, 5) is 33.5. The summed E-state index contributed by atoms with van der Waals surface area (Å²) >= 11 is 0. The highest BCUT2D eigenvalue weighted by Gasteiger charge is 2.28. The fraction of sp³-hybridized carbons (Fsp3) is 0.250. The van der Waals surface area contributed by atoms with Crippen molar-refractivity contribution in [2.24, 2.45) is 0 Å². The molecule has 108 valence electrons. The second kappa shape index (κ2) is 7.57. The van der Waals surface area contributed by atoms with E-state index >= 15 is 0 Å². The van der Waals surface area contributed by atoms with Crippen molar-refractivity contribution in [2.75, 3.05) is 0 Å². The van der Waals surface area contributed by atoms with Gasteiger partial charge in [-0.15, -0.1) is 0 Å². The Morgan fingerprint density at radius 3 is 2.30 bits per heavy atom. The average molecular weight is 300 g/mol. The molecule has 8 heteroatoms. The highest BCUT2D eigenvalue weighted by Crippen LogP contribution is 2.21. The van der Waals surface area contributed by atoms with Crippen LogP contribution in [0.5, 0.6) is 0 Å². The zero-order valence-electron chi connectivity index (χ0n) is 10.3. The van der Waals surface area contributed by atoms with Crippen LogP contribution in [0.2, 0.25) is 0 Å². The molecule has 0 heterocycles. The van der Waals surface area contributed by atoms with Crippen molar-refractivity contribution in [3.63, 3.8) is 0 Å². The lowest BCUT2D eigenvalue weighted by atomic mass is 10.1. The third-order valence-electron chi connectivity index (χ3n) is 2.33. The maximum absolute atomic E-state index is 11.6. The van der Waals surface area contributed by atoms with Gasteiger partial charge in [-0.05, 0) is 0 Å². The van der Waals surface area contributed by atoms with Gasteiger partial charge in [-0.1, -0.05) is 30.3 Å². The first kappa shape index (κ1) is 16.1. The van der Waals surface area contributed by atoms with Gasteiger partial charge >= 0.3 is 17.9 Å². The number of carboxylic acid groups (broad SMARTS) is 1. The second-order valence-corrected chi connectivity index (χ2v) is 4.01. The molecular weight excluding hydrogens is 287 g/mol. The number of aliphatic hydroxyl groups is 1. The molecule has 3 atom stereocenters. The number of esters is 1. The molecule has 1 unspecified atom stereocenters. The standard InChI is InChI=1S/C12H13O7P/c13-8(11(15)16)6-9(14)18-10(12(17)19-20)7-4-2-1-3-5-7/h1-5,8,10,13H,6,20H2,(H,15,16)/t8-,10-/m0/s1. The third-order valence-corrected chi connectivity index (χ3v) is 2.56. The van der Waals surface area contributed by atoms with Crippen LogP contribution in [0, 0.1) is 0 Å². The van der Waals surface area contributed by atoms with E-state index in [9.17, 15) is 14.4 Å². The molecule has 0 spiro atoms. The summed E-state index contributed by atoms with van der Waals surface area (Å²) in [6.07, 6.45) is -3.96. The topological polar surface area (TPSA) is 110 Å². The molecule has 0 radical (unpaired) electrons. The first-order valence-corrected chi connectivity index (χ1v) is 5.98. The van der Waals surface area contributed by atoms with Gasteiger partial charge in [-0.3, -0.25) is 4.79 Å². The number of aliphatic hydroxyl groups excluding tert-OH is 1. The van der Waals surface area contributed by atoms with Crippen LogP contribution < -0.4 is 0 Å². The van der Waals surface area contributed by atoms with Gasteiger partial charge in [0.1, 0.15) is 0 Å². The van der Waals surface area contributed by atoms with Gasteiger partial charge in [0.2, 0.25) is 6.10 Å². The van der Waals surface area contributed by atoms with Crippen molar-refractivity contribution >= 4 is 27.4 Å². The van der Waals surface area contributed by atoms with Crippen LogP contribution in [0.3, 0.4) is 0 Å². The van der Waals surface area contributed by atoms with Crippen LogP contribution in [0.4, 0.5) is 0 Å². The van der Waals surface area contributed by atoms with E-state index in [1.54, 1.807) is 39.8 Å². The highest BCUT2D eigenvalue weighted by molar-refractivity contribution is 7.10. The Morgan fingerprint density at radius 1 is 1.20 bits per heavy atom. The van der Waals surface area contributed by atoms with E-state index in [4.69, 9.17) is 14.9 Å². The number of ether oxygens (including phenoxy) is 1. The molecule has 20 heavy (non-hydrogen) atoms. The second-order valence-electron chi connectivity index (χ2n) is 3.78. The minimum absolute atomic E-state index is 0.373. The Balaban J connectivity index is 2.79. The number of carboxylic acids is 1. The molecule has 0 amide bonds. The highest BCUT2D eigenvalue weighted by atomic mass is 31.0. The van der Waals surface area contributed by atoms with Gasteiger partial charge in [0, 0.05) is 5.56 Å². The molecular formula is C12H13O7P. The molecule has 0 saturated heterocycles. The van der Waals surface area contributed by atoms with E-state index in [-0.39, 0.29) is 0 Å². The average Bonchev–Trinajstić information content (AvgIpc) is 2.44. The maximum Gasteiger partial charge on any atom is 0.354 e. The fourth-order valence-corrected chi connectivity index (χ4v) is 1.49. The van der Waals surface area contributed by atoms with Crippen molar-refractivity contribution in [1.82, 2.24) is 0 Å². The zero-order chi connectivity index (χ0) is 15.1. The molecule has 0 aromatic heterocycles. The summed E-state index contributed by atoms with van der Waals surface area (Å²) in [5.74, 6) is -3.41. The van der Waals surface area contributed by atoms with E-state index in [2.05, 4.69) is 4.52 Å². The van der Waals surface area contributed by atoms with Gasteiger partial charge in [0.15, 0.2) is 6.10 Å². The quantitative estimate of drug-likeness (QED) is 0.579. The Morgan fingerprint density at radius 2 is 1.80 bits per heavy atom. The number of benzene rings is 1. The smallest absolute Gasteiger partial charge is 0.354 e. The van der Waals surface area contributed by atoms with E-state index in [1.165, 1.54) is 0 Å². The van der Waals surface area contributed by atoms with Crippen molar-refractivity contribution in [1.29, 1.82) is 0 Å². The summed E-state index contributed by atoms with van der Waals surface area (Å²) in [5.41, 5.74) is 0.373. The van der Waals surface area contributed by atoms with Gasteiger partial charge in [0.05, 0.1) is 15.9 Å². The van der Waals surface area contributed by atoms with Crippen LogP contribution in [-0.4, -0.2) is 34.2 Å². The largest absolute Gasteiger partial charge is 0.479 e. The Bertz CT molecular complexity index is 488. The van der Waals surface area contributed by atoms with Crippen LogP contribution in [0.1, 0.15) is 18.1 Å². The van der Waals surface area contributed by atoms with Crippen LogP contribution in [0.15, 0.2) is 30.3 Å². The molecule has 0 aliphatic rings. The number of hydrogen-bond donors (Lipinski definition) is 2. The third kappa shape index (κ3) is 4.60. The first-order chi connectivity index (χ1) is 9.45. The normalized spacial score (nSPS) is 13.1. The van der Waals surface area contributed by atoms with Crippen molar-refractivity contribution in [3.8, 4) is 0 Å². The van der Waals surface area contributed by atoms with Crippen LogP contribution in [-0.2, 0) is 23.6 Å². The summed E-state index contributed by atoms with van der Waals surface area (Å²) < 4.78 is 9.30. The predicted molar refractivity (Wildman–Crippen MR) is 69.3 cm³/mol. The van der Waals surface area contributed by atoms with Gasteiger partial charge in [-0.25, -0.2) is 9.59 Å². The van der Waals surface area contributed by atoms with E-state index < -0.39 is 36.5 Å². The molecule has 0 bridgehead atoms. The molecule has 0 aliphatic carbocycles. The molecule has 0 fully saturated rings. The number of rotatable bonds is 6.